The zero-order valence-electron chi connectivity index (χ0n) is 11.5. The van der Waals surface area contributed by atoms with E-state index in [2.05, 4.69) is 15.6 Å². The lowest BCUT2D eigenvalue weighted by Gasteiger charge is -2.24. The highest BCUT2D eigenvalue weighted by Gasteiger charge is 2.22. The van der Waals surface area contributed by atoms with Crippen molar-refractivity contribution in [3.8, 4) is 0 Å². The molecule has 3 heterocycles. The Morgan fingerprint density at radius 3 is 3.20 bits per heavy atom. The van der Waals surface area contributed by atoms with E-state index in [4.69, 9.17) is 4.74 Å². The van der Waals surface area contributed by atoms with Gasteiger partial charge in [-0.3, -0.25) is 4.79 Å². The molecule has 1 unspecified atom stereocenters. The lowest BCUT2D eigenvalue weighted by Crippen LogP contribution is -2.39. The molecule has 0 aromatic carbocycles. The van der Waals surface area contributed by atoms with Crippen LogP contribution < -0.4 is 5.32 Å². The summed E-state index contributed by atoms with van der Waals surface area (Å²) in [6.45, 7) is 3.48. The fourth-order valence-electron chi connectivity index (χ4n) is 2.31. The lowest BCUT2D eigenvalue weighted by molar-refractivity contribution is 0.00117. The molecule has 1 amide bonds. The molecule has 20 heavy (non-hydrogen) atoms. The van der Waals surface area contributed by atoms with Crippen molar-refractivity contribution in [1.82, 2.24) is 24.9 Å². The molecule has 1 aliphatic rings. The first-order valence-corrected chi connectivity index (χ1v) is 6.55. The second kappa shape index (κ2) is 5.09. The average Bonchev–Trinajstić information content (AvgIpc) is 3.03. The number of rotatable bonds is 3. The fraction of sp³-hybridized carbons (Fsp3) is 0.462. The van der Waals surface area contributed by atoms with Gasteiger partial charge in [0.15, 0.2) is 0 Å². The molecule has 1 aliphatic heterocycles. The van der Waals surface area contributed by atoms with Crippen LogP contribution in [0.4, 0.5) is 0 Å². The Balaban J connectivity index is 1.58. The van der Waals surface area contributed by atoms with Crippen molar-refractivity contribution in [3.63, 3.8) is 0 Å². The van der Waals surface area contributed by atoms with Gasteiger partial charge in [-0.1, -0.05) is 5.21 Å². The third-order valence-corrected chi connectivity index (χ3v) is 3.53. The van der Waals surface area contributed by atoms with E-state index in [0.717, 1.165) is 11.4 Å². The Labute approximate surface area is 116 Å². The van der Waals surface area contributed by atoms with Crippen molar-refractivity contribution in [2.24, 2.45) is 7.05 Å². The number of nitrogens with one attached hydrogen (secondary N) is 1. The van der Waals surface area contributed by atoms with Gasteiger partial charge in [0.2, 0.25) is 0 Å². The molecule has 0 spiro atoms. The lowest BCUT2D eigenvalue weighted by atomic mass is 10.2. The predicted octanol–water partition coefficient (Wildman–Crippen LogP) is 0.254. The molecular formula is C13H17N5O2. The highest BCUT2D eigenvalue weighted by molar-refractivity contribution is 5.92. The van der Waals surface area contributed by atoms with Gasteiger partial charge in [-0.2, -0.15) is 0 Å². The minimum Gasteiger partial charge on any atom is -0.368 e. The minimum absolute atomic E-state index is 0.0761. The van der Waals surface area contributed by atoms with E-state index in [9.17, 15) is 4.79 Å². The van der Waals surface area contributed by atoms with Crippen LogP contribution in [0, 0.1) is 6.92 Å². The van der Waals surface area contributed by atoms with E-state index in [1.165, 1.54) is 0 Å². The topological polar surface area (TPSA) is 74.0 Å². The van der Waals surface area contributed by atoms with Gasteiger partial charge >= 0.3 is 0 Å². The number of ether oxygens (including phenoxy) is 1. The van der Waals surface area contributed by atoms with Crippen molar-refractivity contribution < 1.29 is 9.53 Å². The fourth-order valence-corrected chi connectivity index (χ4v) is 2.31. The second-order valence-corrected chi connectivity index (χ2v) is 4.95. The van der Waals surface area contributed by atoms with Gasteiger partial charge < -0.3 is 14.6 Å². The number of aromatic nitrogens is 4. The Kier molecular flexibility index (Phi) is 3.27. The largest absolute Gasteiger partial charge is 0.368 e. The number of aryl methyl sites for hydroxylation is 2. The molecule has 106 valence electrons. The van der Waals surface area contributed by atoms with E-state index in [-0.39, 0.29) is 12.0 Å². The molecule has 0 saturated heterocycles. The van der Waals surface area contributed by atoms with Crippen molar-refractivity contribution in [2.45, 2.75) is 26.2 Å². The predicted molar refractivity (Wildman–Crippen MR) is 71.1 cm³/mol. The summed E-state index contributed by atoms with van der Waals surface area (Å²) in [6, 6.07) is 3.63. The van der Waals surface area contributed by atoms with Crippen LogP contribution in [0.15, 0.2) is 18.3 Å². The molecule has 3 rings (SSSR count). The molecule has 7 nitrogen and oxygen atoms in total. The zero-order chi connectivity index (χ0) is 14.1. The smallest absolute Gasteiger partial charge is 0.267 e. The highest BCUT2D eigenvalue weighted by atomic mass is 16.5. The summed E-state index contributed by atoms with van der Waals surface area (Å²) in [7, 11) is 1.84. The molecule has 2 aromatic heterocycles. The number of carbonyl (C=O) groups excluding carboxylic acids is 1. The van der Waals surface area contributed by atoms with Crippen LogP contribution in [-0.2, 0) is 24.9 Å². The molecule has 0 bridgehead atoms. The summed E-state index contributed by atoms with van der Waals surface area (Å²) >= 11 is 0. The van der Waals surface area contributed by atoms with Gasteiger partial charge in [-0.25, -0.2) is 4.68 Å². The molecule has 0 saturated carbocycles. The maximum Gasteiger partial charge on any atom is 0.267 e. The highest BCUT2D eigenvalue weighted by Crippen LogP contribution is 2.14. The maximum atomic E-state index is 12.0. The summed E-state index contributed by atoms with van der Waals surface area (Å²) in [5, 5.41) is 11.0. The molecule has 1 atom stereocenters. The van der Waals surface area contributed by atoms with Crippen LogP contribution >= 0.6 is 0 Å². The van der Waals surface area contributed by atoms with E-state index in [0.29, 0.717) is 25.4 Å². The van der Waals surface area contributed by atoms with Crippen LogP contribution in [0.2, 0.25) is 0 Å². The molecule has 0 aliphatic carbocycles. The monoisotopic (exact) mass is 275 g/mol. The van der Waals surface area contributed by atoms with E-state index in [1.807, 2.05) is 30.9 Å². The van der Waals surface area contributed by atoms with Gasteiger partial charge in [-0.15, -0.1) is 5.10 Å². The zero-order valence-corrected chi connectivity index (χ0v) is 11.5. The minimum atomic E-state index is -0.0957. The average molecular weight is 275 g/mol. The summed E-state index contributed by atoms with van der Waals surface area (Å²) in [5.74, 6) is -0.0957. The number of amides is 1. The van der Waals surface area contributed by atoms with Crippen LogP contribution in [0.5, 0.6) is 0 Å². The van der Waals surface area contributed by atoms with Crippen molar-refractivity contribution in [2.75, 3.05) is 6.54 Å². The quantitative estimate of drug-likeness (QED) is 0.871. The molecule has 1 N–H and O–H groups in total. The number of fused-ring (bicyclic) bond motifs is 1. The van der Waals surface area contributed by atoms with Crippen LogP contribution in [-0.4, -0.2) is 38.1 Å². The van der Waals surface area contributed by atoms with Crippen LogP contribution in [0.25, 0.3) is 0 Å². The summed E-state index contributed by atoms with van der Waals surface area (Å²) < 4.78 is 9.35. The third-order valence-electron chi connectivity index (χ3n) is 3.53. The van der Waals surface area contributed by atoms with Crippen molar-refractivity contribution in [3.05, 3.63) is 35.4 Å². The normalized spacial score (nSPS) is 17.8. The van der Waals surface area contributed by atoms with Crippen LogP contribution in [0.3, 0.4) is 0 Å². The SMILES string of the molecule is Cc1nnn2c1COC(CNC(=O)c1cccn1C)C2. The number of hydrogen-bond acceptors (Lipinski definition) is 4. The van der Waals surface area contributed by atoms with Gasteiger partial charge in [0.05, 0.1) is 30.6 Å². The van der Waals surface area contributed by atoms with Gasteiger partial charge in [0.25, 0.3) is 5.91 Å². The number of carbonyl (C=O) groups is 1. The molecule has 7 heteroatoms. The van der Waals surface area contributed by atoms with E-state index < -0.39 is 0 Å². The Bertz CT molecular complexity index is 630. The van der Waals surface area contributed by atoms with Gasteiger partial charge in [-0.05, 0) is 19.1 Å². The number of hydrogen-bond donors (Lipinski definition) is 1. The standard InChI is InChI=1S/C13H17N5O2/c1-9-12-8-20-10(7-18(12)16-15-9)6-14-13(19)11-4-3-5-17(11)2/h3-5,10H,6-8H2,1-2H3,(H,14,19). The van der Waals surface area contributed by atoms with Crippen molar-refractivity contribution in [1.29, 1.82) is 0 Å². The first-order chi connectivity index (χ1) is 9.65. The molecule has 0 radical (unpaired) electrons. The molecule has 0 fully saturated rings. The number of nitrogens with zero attached hydrogens (tertiary/aromatic N) is 4. The Hall–Kier alpha value is -2.15. The maximum absolute atomic E-state index is 12.0. The van der Waals surface area contributed by atoms with Crippen LogP contribution in [0.1, 0.15) is 21.9 Å². The van der Waals surface area contributed by atoms with Gasteiger partial charge in [0.1, 0.15) is 5.69 Å². The summed E-state index contributed by atoms with van der Waals surface area (Å²) in [5.41, 5.74) is 2.55. The Morgan fingerprint density at radius 1 is 1.60 bits per heavy atom. The molecular weight excluding hydrogens is 258 g/mol. The summed E-state index contributed by atoms with van der Waals surface area (Å²) in [6.07, 6.45) is 1.77. The second-order valence-electron chi connectivity index (χ2n) is 4.95. The summed E-state index contributed by atoms with van der Waals surface area (Å²) in [4.78, 5) is 12.0. The first kappa shape index (κ1) is 12.9. The first-order valence-electron chi connectivity index (χ1n) is 6.55. The Morgan fingerprint density at radius 2 is 2.45 bits per heavy atom. The van der Waals surface area contributed by atoms with E-state index in [1.54, 1.807) is 10.6 Å². The van der Waals surface area contributed by atoms with E-state index >= 15 is 0 Å². The molecule has 2 aromatic rings. The van der Waals surface area contributed by atoms with Gasteiger partial charge in [0, 0.05) is 19.8 Å². The van der Waals surface area contributed by atoms with Crippen molar-refractivity contribution >= 4 is 5.91 Å². The third kappa shape index (κ3) is 2.32.